The summed E-state index contributed by atoms with van der Waals surface area (Å²) in [6, 6.07) is 5.81. The molecule has 0 spiro atoms. The molecule has 0 aliphatic rings. The van der Waals surface area contributed by atoms with E-state index in [2.05, 4.69) is 20.3 Å². The van der Waals surface area contributed by atoms with Crippen molar-refractivity contribution in [3.63, 3.8) is 0 Å². The molecule has 0 radical (unpaired) electrons. The van der Waals surface area contributed by atoms with Crippen LogP contribution < -0.4 is 10.9 Å². The molecular formula is C16H17N5OS. The van der Waals surface area contributed by atoms with E-state index in [0.29, 0.717) is 12.4 Å². The maximum absolute atomic E-state index is 11.8. The lowest BCUT2D eigenvalue weighted by atomic mass is 10.3. The number of pyridine rings is 1. The molecule has 7 heteroatoms. The van der Waals surface area contributed by atoms with Crippen molar-refractivity contribution < 1.29 is 0 Å². The van der Waals surface area contributed by atoms with Gasteiger partial charge in [0.1, 0.15) is 0 Å². The van der Waals surface area contributed by atoms with Crippen LogP contribution in [0.3, 0.4) is 0 Å². The van der Waals surface area contributed by atoms with Gasteiger partial charge >= 0.3 is 0 Å². The summed E-state index contributed by atoms with van der Waals surface area (Å²) in [4.78, 5) is 24.8. The summed E-state index contributed by atoms with van der Waals surface area (Å²) in [6.07, 6.45) is 6.77. The summed E-state index contributed by atoms with van der Waals surface area (Å²) in [5.74, 6) is 0.392. The van der Waals surface area contributed by atoms with Gasteiger partial charge in [-0.3, -0.25) is 9.78 Å². The smallest absolute Gasteiger partial charge is 0.293 e. The average Bonchev–Trinajstić information content (AvgIpc) is 3.05. The Balaban J connectivity index is 1.53. The number of thiazole rings is 1. The second-order valence-corrected chi connectivity index (χ2v) is 6.01. The number of hydrogen-bond donors (Lipinski definition) is 1. The van der Waals surface area contributed by atoms with E-state index >= 15 is 0 Å². The maximum Gasteiger partial charge on any atom is 0.293 e. The van der Waals surface area contributed by atoms with Gasteiger partial charge in [0, 0.05) is 44.0 Å². The van der Waals surface area contributed by atoms with Crippen LogP contribution in [-0.2, 0) is 13.5 Å². The first-order valence-corrected chi connectivity index (χ1v) is 8.23. The number of aryl methyl sites for hydroxylation is 2. The van der Waals surface area contributed by atoms with E-state index in [4.69, 9.17) is 0 Å². The van der Waals surface area contributed by atoms with Crippen molar-refractivity contribution in [2.24, 2.45) is 7.05 Å². The Morgan fingerprint density at radius 2 is 2.13 bits per heavy atom. The van der Waals surface area contributed by atoms with E-state index < -0.39 is 0 Å². The van der Waals surface area contributed by atoms with Gasteiger partial charge in [-0.05, 0) is 18.6 Å². The number of hydrogen-bond acceptors (Lipinski definition) is 6. The largest absolute Gasteiger partial charge is 0.365 e. The fourth-order valence-corrected chi connectivity index (χ4v) is 2.96. The third-order valence-corrected chi connectivity index (χ3v) is 4.26. The number of nitrogens with zero attached hydrogens (tertiary/aromatic N) is 4. The Morgan fingerprint density at radius 1 is 1.22 bits per heavy atom. The first kappa shape index (κ1) is 15.4. The predicted molar refractivity (Wildman–Crippen MR) is 91.6 cm³/mol. The van der Waals surface area contributed by atoms with Crippen LogP contribution in [0.4, 0.5) is 5.82 Å². The molecule has 0 amide bonds. The Bertz CT molecular complexity index is 828. The van der Waals surface area contributed by atoms with Gasteiger partial charge in [-0.25, -0.2) is 9.97 Å². The molecule has 0 bridgehead atoms. The Hall–Kier alpha value is -2.54. The van der Waals surface area contributed by atoms with Crippen molar-refractivity contribution in [2.75, 3.05) is 11.9 Å². The van der Waals surface area contributed by atoms with Gasteiger partial charge in [-0.1, -0.05) is 6.07 Å². The minimum absolute atomic E-state index is 0.112. The molecule has 3 heterocycles. The fourth-order valence-electron chi connectivity index (χ4n) is 2.12. The van der Waals surface area contributed by atoms with Gasteiger partial charge < -0.3 is 9.88 Å². The molecule has 0 fully saturated rings. The molecule has 3 rings (SSSR count). The van der Waals surface area contributed by atoms with Crippen LogP contribution in [0.5, 0.6) is 0 Å². The zero-order chi connectivity index (χ0) is 16.1. The summed E-state index contributed by atoms with van der Waals surface area (Å²) in [5, 5.41) is 6.18. The number of aromatic nitrogens is 4. The number of anilines is 1. The van der Waals surface area contributed by atoms with Crippen LogP contribution in [0.25, 0.3) is 11.4 Å². The highest BCUT2D eigenvalue weighted by molar-refractivity contribution is 7.09. The maximum atomic E-state index is 11.8. The van der Waals surface area contributed by atoms with Gasteiger partial charge in [-0.2, -0.15) is 0 Å². The normalized spacial score (nSPS) is 10.7. The monoisotopic (exact) mass is 327 g/mol. The molecule has 0 aliphatic heterocycles. The lowest BCUT2D eigenvalue weighted by Crippen LogP contribution is -2.22. The second kappa shape index (κ2) is 7.15. The number of rotatable bonds is 6. The molecule has 0 atom stereocenters. The Labute approximate surface area is 137 Å². The van der Waals surface area contributed by atoms with Crippen LogP contribution in [0.15, 0.2) is 47.0 Å². The Morgan fingerprint density at radius 3 is 2.96 bits per heavy atom. The molecule has 23 heavy (non-hydrogen) atoms. The van der Waals surface area contributed by atoms with Crippen molar-refractivity contribution in [3.05, 3.63) is 57.5 Å². The van der Waals surface area contributed by atoms with Crippen LogP contribution in [-0.4, -0.2) is 26.1 Å². The van der Waals surface area contributed by atoms with Gasteiger partial charge in [0.15, 0.2) is 5.82 Å². The van der Waals surface area contributed by atoms with Gasteiger partial charge in [-0.15, -0.1) is 11.3 Å². The van der Waals surface area contributed by atoms with E-state index in [1.54, 1.807) is 37.0 Å². The van der Waals surface area contributed by atoms with Crippen molar-refractivity contribution in [2.45, 2.75) is 12.8 Å². The average molecular weight is 327 g/mol. The third kappa shape index (κ3) is 3.81. The molecule has 6 nitrogen and oxygen atoms in total. The van der Waals surface area contributed by atoms with E-state index in [1.807, 2.05) is 23.6 Å². The van der Waals surface area contributed by atoms with E-state index in [0.717, 1.165) is 29.2 Å². The molecule has 3 aromatic heterocycles. The summed E-state index contributed by atoms with van der Waals surface area (Å²) >= 11 is 1.64. The highest BCUT2D eigenvalue weighted by atomic mass is 32.1. The Kier molecular flexibility index (Phi) is 4.77. The molecule has 0 saturated heterocycles. The summed E-state index contributed by atoms with van der Waals surface area (Å²) in [6.45, 7) is 0.685. The SMILES string of the molecule is Cn1ccnc(NCCCc2nc(-c3ccccn3)cs2)c1=O. The zero-order valence-electron chi connectivity index (χ0n) is 12.8. The number of nitrogens with one attached hydrogen (secondary N) is 1. The highest BCUT2D eigenvalue weighted by Gasteiger charge is 2.06. The van der Waals surface area contributed by atoms with Gasteiger partial charge in [0.25, 0.3) is 5.56 Å². The van der Waals surface area contributed by atoms with Crippen LogP contribution >= 0.6 is 11.3 Å². The van der Waals surface area contributed by atoms with Gasteiger partial charge in [0.2, 0.25) is 0 Å². The van der Waals surface area contributed by atoms with Crippen LogP contribution in [0, 0.1) is 0 Å². The molecule has 0 aliphatic carbocycles. The second-order valence-electron chi connectivity index (χ2n) is 5.06. The fraction of sp³-hybridized carbons (Fsp3) is 0.250. The minimum atomic E-state index is -0.112. The predicted octanol–water partition coefficient (Wildman–Crippen LogP) is 2.34. The molecule has 1 N–H and O–H groups in total. The molecular weight excluding hydrogens is 310 g/mol. The van der Waals surface area contributed by atoms with Crippen molar-refractivity contribution >= 4 is 17.2 Å². The van der Waals surface area contributed by atoms with Crippen molar-refractivity contribution in [1.82, 2.24) is 19.5 Å². The zero-order valence-corrected chi connectivity index (χ0v) is 13.6. The van der Waals surface area contributed by atoms with Gasteiger partial charge in [0.05, 0.1) is 16.4 Å². The quantitative estimate of drug-likeness (QED) is 0.704. The summed E-state index contributed by atoms with van der Waals surface area (Å²) in [7, 11) is 1.71. The molecule has 3 aromatic rings. The lowest BCUT2D eigenvalue weighted by molar-refractivity contribution is 0.818. The molecule has 0 saturated carbocycles. The third-order valence-electron chi connectivity index (χ3n) is 3.36. The first-order valence-electron chi connectivity index (χ1n) is 7.35. The van der Waals surface area contributed by atoms with E-state index in [9.17, 15) is 4.79 Å². The minimum Gasteiger partial charge on any atom is -0.365 e. The molecule has 118 valence electrons. The first-order chi connectivity index (χ1) is 11.2. The topological polar surface area (TPSA) is 72.7 Å². The summed E-state index contributed by atoms with van der Waals surface area (Å²) < 4.78 is 1.51. The molecule has 0 aromatic carbocycles. The standard InChI is InChI=1S/C16H17N5OS/c1-21-10-9-19-15(16(21)22)18-8-4-6-14-20-13(11-23-14)12-5-2-3-7-17-12/h2-3,5,7,9-11H,4,6,8H2,1H3,(H,18,19). The van der Waals surface area contributed by atoms with Crippen molar-refractivity contribution in [1.29, 1.82) is 0 Å². The van der Waals surface area contributed by atoms with E-state index in [-0.39, 0.29) is 5.56 Å². The van der Waals surface area contributed by atoms with E-state index in [1.165, 1.54) is 4.57 Å². The summed E-state index contributed by atoms with van der Waals surface area (Å²) in [5.41, 5.74) is 1.70. The highest BCUT2D eigenvalue weighted by Crippen LogP contribution is 2.20. The van der Waals surface area contributed by atoms with Crippen LogP contribution in [0.2, 0.25) is 0 Å². The lowest BCUT2D eigenvalue weighted by Gasteiger charge is -2.05. The molecule has 0 unspecified atom stereocenters. The van der Waals surface area contributed by atoms with Crippen molar-refractivity contribution in [3.8, 4) is 11.4 Å². The van der Waals surface area contributed by atoms with Crippen LogP contribution in [0.1, 0.15) is 11.4 Å².